The normalized spacial score (nSPS) is 11.4. The van der Waals surface area contributed by atoms with Gasteiger partial charge in [-0.15, -0.1) is 0 Å². The number of benzene rings is 2. The summed E-state index contributed by atoms with van der Waals surface area (Å²) in [5.41, 5.74) is 8.01. The Bertz CT molecular complexity index is 837. The van der Waals surface area contributed by atoms with E-state index in [1.54, 1.807) is 31.4 Å². The third-order valence-corrected chi connectivity index (χ3v) is 4.00. The van der Waals surface area contributed by atoms with Crippen molar-refractivity contribution in [3.63, 3.8) is 0 Å². The van der Waals surface area contributed by atoms with Crippen LogP contribution in [0.4, 0.5) is 16.2 Å². The van der Waals surface area contributed by atoms with Crippen LogP contribution in [0.2, 0.25) is 0 Å². The van der Waals surface area contributed by atoms with E-state index in [-0.39, 0.29) is 17.5 Å². The summed E-state index contributed by atoms with van der Waals surface area (Å²) in [4.78, 5) is 34.8. The zero-order chi connectivity index (χ0) is 21.2. The number of carboxylic acids is 1. The SMILES string of the molecule is COCCNC(=O)Nc1ccc(CC(N)C(=O)Nc2ccc(C(=O)O)cc2)cc1. The Balaban J connectivity index is 1.84. The minimum atomic E-state index is -1.04. The van der Waals surface area contributed by atoms with Gasteiger partial charge in [0.25, 0.3) is 0 Å². The lowest BCUT2D eigenvalue weighted by Crippen LogP contribution is -2.37. The van der Waals surface area contributed by atoms with Crippen LogP contribution >= 0.6 is 0 Å². The van der Waals surface area contributed by atoms with Gasteiger partial charge in [-0.25, -0.2) is 9.59 Å². The van der Waals surface area contributed by atoms with E-state index >= 15 is 0 Å². The summed E-state index contributed by atoms with van der Waals surface area (Å²) in [5, 5.41) is 16.9. The Morgan fingerprint density at radius 3 is 2.17 bits per heavy atom. The molecule has 0 aliphatic rings. The van der Waals surface area contributed by atoms with Crippen molar-refractivity contribution in [3.8, 4) is 0 Å². The standard InChI is InChI=1S/C20H24N4O5/c1-29-11-10-22-20(28)24-16-6-2-13(3-7-16)12-17(21)18(25)23-15-8-4-14(5-9-15)19(26)27/h2-9,17H,10-12,21H2,1H3,(H,23,25)(H,26,27)(H2,22,24,28). The summed E-state index contributed by atoms with van der Waals surface area (Å²) in [6, 6.07) is 11.7. The molecule has 29 heavy (non-hydrogen) atoms. The number of nitrogens with one attached hydrogen (secondary N) is 3. The van der Waals surface area contributed by atoms with Gasteiger partial charge < -0.3 is 31.5 Å². The third-order valence-electron chi connectivity index (χ3n) is 4.00. The molecule has 0 aromatic heterocycles. The second-order valence-electron chi connectivity index (χ2n) is 6.25. The van der Waals surface area contributed by atoms with Crippen molar-refractivity contribution in [3.05, 3.63) is 59.7 Å². The van der Waals surface area contributed by atoms with Crippen molar-refractivity contribution in [1.82, 2.24) is 5.32 Å². The van der Waals surface area contributed by atoms with Crippen molar-refractivity contribution < 1.29 is 24.2 Å². The highest BCUT2D eigenvalue weighted by atomic mass is 16.5. The first kappa shape index (κ1) is 21.9. The molecule has 154 valence electrons. The van der Waals surface area contributed by atoms with Crippen molar-refractivity contribution in [2.75, 3.05) is 30.9 Å². The first-order chi connectivity index (χ1) is 13.9. The molecule has 9 heteroatoms. The molecule has 0 bridgehead atoms. The van der Waals surface area contributed by atoms with E-state index in [1.165, 1.54) is 24.3 Å². The Hall–Kier alpha value is -3.43. The number of rotatable bonds is 9. The van der Waals surface area contributed by atoms with E-state index in [0.29, 0.717) is 30.9 Å². The number of carbonyl (C=O) groups excluding carboxylic acids is 2. The summed E-state index contributed by atoms with van der Waals surface area (Å²) in [5.74, 6) is -1.42. The Labute approximate surface area is 168 Å². The number of carboxylic acid groups (broad SMARTS) is 1. The molecule has 2 aromatic carbocycles. The van der Waals surface area contributed by atoms with Crippen molar-refractivity contribution >= 4 is 29.3 Å². The first-order valence-electron chi connectivity index (χ1n) is 8.91. The van der Waals surface area contributed by atoms with Gasteiger partial charge in [0.15, 0.2) is 0 Å². The van der Waals surface area contributed by atoms with Crippen LogP contribution in [0.15, 0.2) is 48.5 Å². The monoisotopic (exact) mass is 400 g/mol. The molecule has 0 saturated heterocycles. The molecule has 0 spiro atoms. The van der Waals surface area contributed by atoms with Crippen LogP contribution in [-0.2, 0) is 16.0 Å². The number of hydrogen-bond acceptors (Lipinski definition) is 5. The maximum atomic E-state index is 12.2. The average Bonchev–Trinajstić information content (AvgIpc) is 2.70. The molecule has 2 rings (SSSR count). The van der Waals surface area contributed by atoms with E-state index in [9.17, 15) is 14.4 Å². The van der Waals surface area contributed by atoms with Gasteiger partial charge in [-0.3, -0.25) is 4.79 Å². The van der Waals surface area contributed by atoms with Crippen LogP contribution in [0.5, 0.6) is 0 Å². The minimum Gasteiger partial charge on any atom is -0.478 e. The Morgan fingerprint density at radius 1 is 1.00 bits per heavy atom. The van der Waals surface area contributed by atoms with E-state index in [0.717, 1.165) is 5.56 Å². The lowest BCUT2D eigenvalue weighted by atomic mass is 10.1. The second kappa shape index (κ2) is 10.8. The first-order valence-corrected chi connectivity index (χ1v) is 8.91. The number of hydrogen-bond donors (Lipinski definition) is 5. The highest BCUT2D eigenvalue weighted by molar-refractivity contribution is 5.95. The molecular formula is C20H24N4O5. The van der Waals surface area contributed by atoms with E-state index in [4.69, 9.17) is 15.6 Å². The molecule has 0 fully saturated rings. The van der Waals surface area contributed by atoms with Gasteiger partial charge in [0.2, 0.25) is 5.91 Å². The van der Waals surface area contributed by atoms with Gasteiger partial charge in [-0.05, 0) is 48.4 Å². The highest BCUT2D eigenvalue weighted by Gasteiger charge is 2.15. The molecule has 0 saturated carbocycles. The predicted molar refractivity (Wildman–Crippen MR) is 109 cm³/mol. The third kappa shape index (κ3) is 7.24. The number of methoxy groups -OCH3 is 1. The summed E-state index contributed by atoms with van der Waals surface area (Å²) < 4.78 is 4.86. The van der Waals surface area contributed by atoms with Gasteiger partial charge in [0, 0.05) is 25.0 Å². The average molecular weight is 400 g/mol. The molecule has 2 aromatic rings. The maximum Gasteiger partial charge on any atom is 0.335 e. The lowest BCUT2D eigenvalue weighted by Gasteiger charge is -2.13. The molecule has 9 nitrogen and oxygen atoms in total. The van der Waals surface area contributed by atoms with E-state index in [1.807, 2.05) is 0 Å². The fraction of sp³-hybridized carbons (Fsp3) is 0.250. The van der Waals surface area contributed by atoms with Crippen LogP contribution in [0.1, 0.15) is 15.9 Å². The quantitative estimate of drug-likeness (QED) is 0.405. The minimum absolute atomic E-state index is 0.133. The van der Waals surface area contributed by atoms with Gasteiger partial charge in [0.05, 0.1) is 18.2 Å². The zero-order valence-corrected chi connectivity index (χ0v) is 16.0. The van der Waals surface area contributed by atoms with Gasteiger partial charge in [0.1, 0.15) is 0 Å². The predicted octanol–water partition coefficient (Wildman–Crippen LogP) is 1.66. The van der Waals surface area contributed by atoms with E-state index in [2.05, 4.69) is 16.0 Å². The molecule has 0 radical (unpaired) electrons. The number of anilines is 2. The number of nitrogens with two attached hydrogens (primary N) is 1. The molecule has 1 atom stereocenters. The van der Waals surface area contributed by atoms with Crippen molar-refractivity contribution in [2.45, 2.75) is 12.5 Å². The number of aromatic carboxylic acids is 1. The molecule has 1 unspecified atom stereocenters. The lowest BCUT2D eigenvalue weighted by molar-refractivity contribution is -0.117. The number of ether oxygens (including phenoxy) is 1. The maximum absolute atomic E-state index is 12.2. The Kier molecular flexibility index (Phi) is 8.13. The largest absolute Gasteiger partial charge is 0.478 e. The molecule has 0 aliphatic heterocycles. The van der Waals surface area contributed by atoms with Gasteiger partial charge >= 0.3 is 12.0 Å². The molecule has 6 N–H and O–H groups in total. The van der Waals surface area contributed by atoms with Crippen LogP contribution < -0.4 is 21.7 Å². The van der Waals surface area contributed by atoms with Crippen LogP contribution in [-0.4, -0.2) is 49.3 Å². The molecule has 3 amide bonds. The Morgan fingerprint density at radius 2 is 1.59 bits per heavy atom. The summed E-state index contributed by atoms with van der Waals surface area (Å²) >= 11 is 0. The van der Waals surface area contributed by atoms with Crippen molar-refractivity contribution in [1.29, 1.82) is 0 Å². The highest BCUT2D eigenvalue weighted by Crippen LogP contribution is 2.13. The summed E-state index contributed by atoms with van der Waals surface area (Å²) in [6.07, 6.45) is 0.305. The van der Waals surface area contributed by atoms with E-state index < -0.39 is 12.0 Å². The van der Waals surface area contributed by atoms with Crippen LogP contribution in [0, 0.1) is 0 Å². The second-order valence-corrected chi connectivity index (χ2v) is 6.25. The number of carbonyl (C=O) groups is 3. The number of amides is 3. The van der Waals surface area contributed by atoms with Gasteiger partial charge in [-0.1, -0.05) is 12.1 Å². The van der Waals surface area contributed by atoms with Gasteiger partial charge in [-0.2, -0.15) is 0 Å². The fourth-order valence-electron chi connectivity index (χ4n) is 2.44. The molecular weight excluding hydrogens is 376 g/mol. The summed E-state index contributed by atoms with van der Waals surface area (Å²) in [6.45, 7) is 0.833. The molecule has 0 heterocycles. The number of urea groups is 1. The summed E-state index contributed by atoms with van der Waals surface area (Å²) in [7, 11) is 1.55. The van der Waals surface area contributed by atoms with Crippen LogP contribution in [0.25, 0.3) is 0 Å². The van der Waals surface area contributed by atoms with Crippen LogP contribution in [0.3, 0.4) is 0 Å². The smallest absolute Gasteiger partial charge is 0.335 e. The zero-order valence-electron chi connectivity index (χ0n) is 16.0. The fourth-order valence-corrected chi connectivity index (χ4v) is 2.44. The molecule has 0 aliphatic carbocycles. The topological polar surface area (TPSA) is 143 Å². The van der Waals surface area contributed by atoms with Crippen molar-refractivity contribution in [2.24, 2.45) is 5.73 Å².